The monoisotopic (exact) mass is 300 g/mol. The third-order valence-corrected chi connectivity index (χ3v) is 3.86. The van der Waals surface area contributed by atoms with Crippen molar-refractivity contribution in [1.29, 1.82) is 0 Å². The van der Waals surface area contributed by atoms with E-state index in [9.17, 15) is 4.79 Å². The standard InChI is InChI=1S/C14H12N4O2S/c19-14(20)10-5-11(21-7-10)6-16-12-3-1-2-4-13(12)18-9-15-8-17-18/h1-5,7-9,16H,6H2,(H,19,20). The number of nitrogens with zero attached hydrogens (tertiary/aromatic N) is 3. The van der Waals surface area contributed by atoms with E-state index >= 15 is 0 Å². The number of para-hydroxylation sites is 2. The Bertz CT molecular complexity index is 752. The number of hydrogen-bond donors (Lipinski definition) is 2. The normalized spacial score (nSPS) is 10.5. The molecular formula is C14H12N4O2S. The first-order valence-corrected chi connectivity index (χ1v) is 7.10. The van der Waals surface area contributed by atoms with Gasteiger partial charge >= 0.3 is 5.97 Å². The Labute approximate surface area is 124 Å². The molecule has 0 radical (unpaired) electrons. The van der Waals surface area contributed by atoms with Gasteiger partial charge in [0.15, 0.2) is 0 Å². The molecule has 7 heteroatoms. The van der Waals surface area contributed by atoms with Crippen LogP contribution in [0, 0.1) is 0 Å². The highest BCUT2D eigenvalue weighted by atomic mass is 32.1. The van der Waals surface area contributed by atoms with Crippen molar-refractivity contribution in [2.45, 2.75) is 6.54 Å². The summed E-state index contributed by atoms with van der Waals surface area (Å²) >= 11 is 1.42. The van der Waals surface area contributed by atoms with Gasteiger partial charge in [-0.3, -0.25) is 0 Å². The Morgan fingerprint density at radius 2 is 2.24 bits per heavy atom. The summed E-state index contributed by atoms with van der Waals surface area (Å²) in [7, 11) is 0. The molecular weight excluding hydrogens is 288 g/mol. The van der Waals surface area contributed by atoms with Gasteiger partial charge in [0.2, 0.25) is 0 Å². The van der Waals surface area contributed by atoms with Gasteiger partial charge in [-0.05, 0) is 18.2 Å². The van der Waals surface area contributed by atoms with Gasteiger partial charge in [-0.25, -0.2) is 14.5 Å². The summed E-state index contributed by atoms with van der Waals surface area (Å²) in [6.45, 7) is 0.559. The zero-order valence-electron chi connectivity index (χ0n) is 10.9. The van der Waals surface area contributed by atoms with Gasteiger partial charge in [-0.1, -0.05) is 12.1 Å². The van der Waals surface area contributed by atoms with E-state index in [2.05, 4.69) is 15.4 Å². The number of carbonyl (C=O) groups is 1. The minimum Gasteiger partial charge on any atom is -0.478 e. The highest BCUT2D eigenvalue weighted by molar-refractivity contribution is 7.10. The zero-order valence-corrected chi connectivity index (χ0v) is 11.7. The van der Waals surface area contributed by atoms with Crippen molar-refractivity contribution in [2.24, 2.45) is 0 Å². The lowest BCUT2D eigenvalue weighted by molar-refractivity contribution is 0.0697. The van der Waals surface area contributed by atoms with Crippen LogP contribution in [0.1, 0.15) is 15.2 Å². The van der Waals surface area contributed by atoms with Gasteiger partial charge in [0.05, 0.1) is 16.9 Å². The van der Waals surface area contributed by atoms with E-state index < -0.39 is 5.97 Å². The van der Waals surface area contributed by atoms with Crippen LogP contribution < -0.4 is 5.32 Å². The molecule has 0 amide bonds. The summed E-state index contributed by atoms with van der Waals surface area (Å²) in [6.07, 6.45) is 3.11. The van der Waals surface area contributed by atoms with Crippen molar-refractivity contribution in [2.75, 3.05) is 5.32 Å². The van der Waals surface area contributed by atoms with E-state index in [-0.39, 0.29) is 0 Å². The number of anilines is 1. The SMILES string of the molecule is O=C(O)c1csc(CNc2ccccc2-n2cncn2)c1. The summed E-state index contributed by atoms with van der Waals surface area (Å²) < 4.78 is 1.68. The Morgan fingerprint density at radius 3 is 2.95 bits per heavy atom. The Morgan fingerprint density at radius 1 is 1.38 bits per heavy atom. The molecule has 0 aliphatic heterocycles. The highest BCUT2D eigenvalue weighted by Crippen LogP contribution is 2.21. The molecule has 0 atom stereocenters. The second-order valence-electron chi connectivity index (χ2n) is 4.32. The number of rotatable bonds is 5. The van der Waals surface area contributed by atoms with Crippen LogP contribution in [0.4, 0.5) is 5.69 Å². The van der Waals surface area contributed by atoms with E-state index in [4.69, 9.17) is 5.11 Å². The summed E-state index contributed by atoms with van der Waals surface area (Å²) in [4.78, 5) is 15.8. The van der Waals surface area contributed by atoms with Crippen LogP contribution in [0.5, 0.6) is 0 Å². The average molecular weight is 300 g/mol. The van der Waals surface area contributed by atoms with Crippen molar-refractivity contribution < 1.29 is 9.90 Å². The molecule has 2 aromatic heterocycles. The van der Waals surface area contributed by atoms with E-state index in [1.807, 2.05) is 24.3 Å². The molecule has 6 nitrogen and oxygen atoms in total. The van der Waals surface area contributed by atoms with Crippen molar-refractivity contribution in [1.82, 2.24) is 14.8 Å². The van der Waals surface area contributed by atoms with Crippen LogP contribution in [0.2, 0.25) is 0 Å². The number of nitrogens with one attached hydrogen (secondary N) is 1. The van der Waals surface area contributed by atoms with Gasteiger partial charge in [-0.15, -0.1) is 11.3 Å². The predicted octanol–water partition coefficient (Wildman–Crippen LogP) is 2.64. The van der Waals surface area contributed by atoms with E-state index in [1.54, 1.807) is 22.5 Å². The molecule has 0 fully saturated rings. The van der Waals surface area contributed by atoms with E-state index in [0.717, 1.165) is 16.3 Å². The molecule has 106 valence electrons. The summed E-state index contributed by atoms with van der Waals surface area (Å²) in [5.74, 6) is -0.902. The fourth-order valence-corrected chi connectivity index (χ4v) is 2.72. The molecule has 21 heavy (non-hydrogen) atoms. The second-order valence-corrected chi connectivity index (χ2v) is 5.31. The zero-order chi connectivity index (χ0) is 14.7. The predicted molar refractivity (Wildman–Crippen MR) is 80.0 cm³/mol. The quantitative estimate of drug-likeness (QED) is 0.757. The Balaban J connectivity index is 1.77. The van der Waals surface area contributed by atoms with Crippen molar-refractivity contribution >= 4 is 23.0 Å². The molecule has 0 saturated heterocycles. The largest absolute Gasteiger partial charge is 0.478 e. The van der Waals surface area contributed by atoms with Gasteiger partial charge in [0, 0.05) is 16.8 Å². The first-order valence-electron chi connectivity index (χ1n) is 6.22. The molecule has 0 saturated carbocycles. The second kappa shape index (κ2) is 5.76. The average Bonchev–Trinajstić information content (AvgIpc) is 3.17. The molecule has 0 spiro atoms. The molecule has 2 heterocycles. The van der Waals surface area contributed by atoms with Crippen molar-refractivity contribution in [3.05, 3.63) is 58.8 Å². The number of carboxylic acids is 1. The molecule has 1 aromatic carbocycles. The fraction of sp³-hybridized carbons (Fsp3) is 0.0714. The number of benzene rings is 1. The topological polar surface area (TPSA) is 80.0 Å². The first kappa shape index (κ1) is 13.3. The number of carboxylic acid groups (broad SMARTS) is 1. The number of aromatic carboxylic acids is 1. The van der Waals surface area contributed by atoms with Crippen molar-refractivity contribution in [3.8, 4) is 5.69 Å². The Hall–Kier alpha value is -2.67. The summed E-state index contributed by atoms with van der Waals surface area (Å²) in [5.41, 5.74) is 2.12. The van der Waals surface area contributed by atoms with Gasteiger partial charge in [0.1, 0.15) is 12.7 Å². The third-order valence-electron chi connectivity index (χ3n) is 2.92. The lowest BCUT2D eigenvalue weighted by Gasteiger charge is -2.10. The van der Waals surface area contributed by atoms with Gasteiger partial charge < -0.3 is 10.4 Å². The Kier molecular flexibility index (Phi) is 3.65. The number of hydrogen-bond acceptors (Lipinski definition) is 5. The van der Waals surface area contributed by atoms with Crippen LogP contribution in [0.15, 0.2) is 48.4 Å². The van der Waals surface area contributed by atoms with Crippen LogP contribution >= 0.6 is 11.3 Å². The highest BCUT2D eigenvalue weighted by Gasteiger charge is 2.08. The maximum atomic E-state index is 10.9. The first-order chi connectivity index (χ1) is 10.2. The van der Waals surface area contributed by atoms with E-state index in [0.29, 0.717) is 12.1 Å². The molecule has 0 aliphatic rings. The molecule has 2 N–H and O–H groups in total. The number of aromatic nitrogens is 3. The van der Waals surface area contributed by atoms with Gasteiger partial charge in [0.25, 0.3) is 0 Å². The van der Waals surface area contributed by atoms with Crippen LogP contribution in [0.25, 0.3) is 5.69 Å². The molecule has 0 unspecified atom stereocenters. The molecule has 3 rings (SSSR count). The lowest BCUT2D eigenvalue weighted by Crippen LogP contribution is -2.04. The van der Waals surface area contributed by atoms with Crippen molar-refractivity contribution in [3.63, 3.8) is 0 Å². The van der Waals surface area contributed by atoms with Gasteiger partial charge in [-0.2, -0.15) is 5.10 Å². The molecule has 3 aromatic rings. The maximum absolute atomic E-state index is 10.9. The summed E-state index contributed by atoms with van der Waals surface area (Å²) in [5, 5.41) is 18.0. The summed E-state index contributed by atoms with van der Waals surface area (Å²) in [6, 6.07) is 9.42. The molecule has 0 bridgehead atoms. The maximum Gasteiger partial charge on any atom is 0.336 e. The minimum atomic E-state index is -0.902. The fourth-order valence-electron chi connectivity index (χ4n) is 1.92. The lowest BCUT2D eigenvalue weighted by atomic mass is 10.2. The molecule has 0 aliphatic carbocycles. The van der Waals surface area contributed by atoms with Crippen LogP contribution in [-0.4, -0.2) is 25.8 Å². The van der Waals surface area contributed by atoms with E-state index in [1.165, 1.54) is 17.7 Å². The minimum absolute atomic E-state index is 0.321. The third kappa shape index (κ3) is 2.92. The van der Waals surface area contributed by atoms with Crippen LogP contribution in [0.3, 0.4) is 0 Å². The number of thiophene rings is 1. The van der Waals surface area contributed by atoms with Crippen LogP contribution in [-0.2, 0) is 6.54 Å². The smallest absolute Gasteiger partial charge is 0.336 e.